The maximum Gasteiger partial charge on any atom is 1.00 e. The monoisotopic (exact) mass is 154 g/mol. The Hall–Kier alpha value is -0.0600. The van der Waals surface area contributed by atoms with Crippen LogP contribution in [0.2, 0.25) is 0 Å². The molecule has 0 unspecified atom stereocenters. The minimum Gasteiger partial charge on any atom is -0.481 e. The Morgan fingerprint density at radius 2 is 1.60 bits per heavy atom. The van der Waals surface area contributed by atoms with Crippen molar-refractivity contribution < 1.29 is 49.4 Å². The van der Waals surface area contributed by atoms with E-state index < -0.39 is 17.9 Å². The van der Waals surface area contributed by atoms with E-state index in [4.69, 9.17) is 10.2 Å². The van der Waals surface area contributed by atoms with E-state index in [9.17, 15) is 9.59 Å². The Bertz CT molecular complexity index is 120. The fourth-order valence-corrected chi connectivity index (χ4v) is 0.353. The van der Waals surface area contributed by atoms with Crippen molar-refractivity contribution in [2.24, 2.45) is 5.92 Å². The zero-order valence-electron chi connectivity index (χ0n) is 5.70. The zero-order chi connectivity index (χ0) is 7.44. The predicted molar refractivity (Wildman–Crippen MR) is 28.7 cm³/mol. The van der Waals surface area contributed by atoms with E-state index in [1.165, 1.54) is 0 Å². The minimum absolute atomic E-state index is 0. The molecular weight excluding hydrogens is 147 g/mol. The molecule has 0 atom stereocenters. The van der Waals surface area contributed by atoms with Crippen molar-refractivity contribution in [2.75, 3.05) is 0 Å². The molecule has 0 rings (SSSR count). The van der Waals surface area contributed by atoms with E-state index >= 15 is 0 Å². The molecule has 52 valence electrons. The third-order valence-corrected chi connectivity index (χ3v) is 0.885. The summed E-state index contributed by atoms with van der Waals surface area (Å²) in [5.74, 6) is -4.03. The standard InChI is InChI=1S/C5H7O4.Na/c1-2-3(4(6)7)5(8)9;/h3H,1-2H2,(H,6,7)(H,8,9);/q-1;+1. The maximum absolute atomic E-state index is 9.95. The van der Waals surface area contributed by atoms with Gasteiger partial charge in [-0.15, -0.1) is 0 Å². The van der Waals surface area contributed by atoms with Crippen molar-refractivity contribution in [2.45, 2.75) is 6.42 Å². The molecule has 2 N–H and O–H groups in total. The second-order valence-electron chi connectivity index (χ2n) is 1.52. The molecule has 0 bridgehead atoms. The molecule has 0 aromatic carbocycles. The molecule has 4 nitrogen and oxygen atoms in total. The van der Waals surface area contributed by atoms with Gasteiger partial charge in [0.05, 0.1) is 0 Å². The first-order valence-corrected chi connectivity index (χ1v) is 2.34. The van der Waals surface area contributed by atoms with E-state index in [2.05, 4.69) is 6.92 Å². The molecule has 5 heteroatoms. The van der Waals surface area contributed by atoms with E-state index in [0.29, 0.717) is 0 Å². The molecule has 0 radical (unpaired) electrons. The van der Waals surface area contributed by atoms with Gasteiger partial charge < -0.3 is 17.1 Å². The summed E-state index contributed by atoms with van der Waals surface area (Å²) in [6, 6.07) is 0. The van der Waals surface area contributed by atoms with Gasteiger partial charge in [0.15, 0.2) is 0 Å². The normalized spacial score (nSPS) is 8.60. The molecule has 0 saturated heterocycles. The summed E-state index contributed by atoms with van der Waals surface area (Å²) >= 11 is 0. The molecule has 0 aromatic rings. The van der Waals surface area contributed by atoms with Crippen molar-refractivity contribution in [3.63, 3.8) is 0 Å². The third-order valence-electron chi connectivity index (χ3n) is 0.885. The smallest absolute Gasteiger partial charge is 0.481 e. The van der Waals surface area contributed by atoms with Crippen LogP contribution in [0.3, 0.4) is 0 Å². The van der Waals surface area contributed by atoms with Gasteiger partial charge in [-0.05, 0) is 0 Å². The van der Waals surface area contributed by atoms with Gasteiger partial charge in [-0.2, -0.15) is 6.42 Å². The van der Waals surface area contributed by atoms with Gasteiger partial charge >= 0.3 is 41.5 Å². The molecule has 0 aromatic heterocycles. The van der Waals surface area contributed by atoms with Crippen LogP contribution >= 0.6 is 0 Å². The van der Waals surface area contributed by atoms with Crippen molar-refractivity contribution in [1.29, 1.82) is 0 Å². The second kappa shape index (κ2) is 5.70. The van der Waals surface area contributed by atoms with Crippen LogP contribution in [0.1, 0.15) is 6.42 Å². The molecule has 0 aliphatic carbocycles. The second-order valence-corrected chi connectivity index (χ2v) is 1.52. The van der Waals surface area contributed by atoms with E-state index in [1.54, 1.807) is 0 Å². The van der Waals surface area contributed by atoms with Gasteiger partial charge in [0.1, 0.15) is 5.92 Å². The Morgan fingerprint density at radius 1 is 1.30 bits per heavy atom. The van der Waals surface area contributed by atoms with Crippen LogP contribution in [-0.4, -0.2) is 22.2 Å². The Kier molecular flexibility index (Phi) is 7.19. The van der Waals surface area contributed by atoms with Crippen LogP contribution in [0.5, 0.6) is 0 Å². The molecule has 0 amide bonds. The topological polar surface area (TPSA) is 74.6 Å². The van der Waals surface area contributed by atoms with Gasteiger partial charge in [0.2, 0.25) is 0 Å². The van der Waals surface area contributed by atoms with Gasteiger partial charge in [-0.25, -0.2) is 0 Å². The van der Waals surface area contributed by atoms with E-state index in [1.807, 2.05) is 0 Å². The number of hydrogen-bond acceptors (Lipinski definition) is 2. The Labute approximate surface area is 80.5 Å². The largest absolute Gasteiger partial charge is 1.00 e. The predicted octanol–water partition coefficient (Wildman–Crippen LogP) is -3.00. The van der Waals surface area contributed by atoms with Gasteiger partial charge in [-0.3, -0.25) is 9.59 Å². The number of hydrogen-bond donors (Lipinski definition) is 2. The number of aliphatic carboxylic acids is 2. The molecule has 0 aliphatic heterocycles. The van der Waals surface area contributed by atoms with Crippen LogP contribution < -0.4 is 29.6 Å². The Morgan fingerprint density at radius 3 is 1.60 bits per heavy atom. The molecule has 10 heavy (non-hydrogen) atoms. The minimum atomic E-state index is -1.36. The van der Waals surface area contributed by atoms with E-state index in [-0.39, 0.29) is 36.0 Å². The van der Waals surface area contributed by atoms with Crippen LogP contribution in [0.15, 0.2) is 0 Å². The average molecular weight is 154 g/mol. The van der Waals surface area contributed by atoms with Crippen LogP contribution in [-0.2, 0) is 9.59 Å². The molecule has 0 fully saturated rings. The molecular formula is C5H7NaO4. The fraction of sp³-hybridized carbons (Fsp3) is 0.400. The first-order chi connectivity index (χ1) is 4.09. The quantitative estimate of drug-likeness (QED) is 0.258. The van der Waals surface area contributed by atoms with Crippen LogP contribution in [0, 0.1) is 12.8 Å². The third kappa shape index (κ3) is 3.87. The Balaban J connectivity index is 0. The van der Waals surface area contributed by atoms with Crippen molar-refractivity contribution in [3.8, 4) is 0 Å². The number of carboxylic acids is 2. The summed E-state index contributed by atoms with van der Waals surface area (Å²) in [6.07, 6.45) is -0.120. The molecule has 0 heterocycles. The van der Waals surface area contributed by atoms with Crippen molar-refractivity contribution in [3.05, 3.63) is 6.92 Å². The summed E-state index contributed by atoms with van der Waals surface area (Å²) in [4.78, 5) is 19.9. The average Bonchev–Trinajstić information content (AvgIpc) is 1.64. The number of rotatable bonds is 3. The van der Waals surface area contributed by atoms with Gasteiger partial charge in [0, 0.05) is 0 Å². The summed E-state index contributed by atoms with van der Waals surface area (Å²) in [5.41, 5.74) is 0. The van der Waals surface area contributed by atoms with Gasteiger partial charge in [0.25, 0.3) is 0 Å². The van der Waals surface area contributed by atoms with E-state index in [0.717, 1.165) is 0 Å². The van der Waals surface area contributed by atoms with Crippen LogP contribution in [0.4, 0.5) is 0 Å². The first-order valence-electron chi connectivity index (χ1n) is 2.34. The molecule has 0 spiro atoms. The SMILES string of the molecule is [CH2-]CC(C(=O)O)C(=O)O.[Na+]. The molecule has 0 aliphatic rings. The summed E-state index contributed by atoms with van der Waals surface area (Å²) in [6.45, 7) is 3.17. The van der Waals surface area contributed by atoms with Crippen molar-refractivity contribution in [1.82, 2.24) is 0 Å². The maximum atomic E-state index is 9.95. The summed E-state index contributed by atoms with van der Waals surface area (Å²) < 4.78 is 0. The van der Waals surface area contributed by atoms with Gasteiger partial charge in [-0.1, -0.05) is 0 Å². The van der Waals surface area contributed by atoms with Crippen LogP contribution in [0.25, 0.3) is 0 Å². The molecule has 0 saturated carbocycles. The van der Waals surface area contributed by atoms with Crippen molar-refractivity contribution >= 4 is 11.9 Å². The first kappa shape index (κ1) is 12.6. The fourth-order valence-electron chi connectivity index (χ4n) is 0.353. The summed E-state index contributed by atoms with van der Waals surface area (Å²) in [5, 5.41) is 16.2. The summed E-state index contributed by atoms with van der Waals surface area (Å²) in [7, 11) is 0. The zero-order valence-corrected chi connectivity index (χ0v) is 7.70. The number of carbonyl (C=O) groups is 2. The number of carboxylic acid groups (broad SMARTS) is 2.